The van der Waals surface area contributed by atoms with Crippen LogP contribution in [-0.4, -0.2) is 59.5 Å². The molecule has 0 atom stereocenters. The number of carbonyl (C=O) groups is 1. The molecule has 39 heavy (non-hydrogen) atoms. The fourth-order valence-corrected chi connectivity index (χ4v) is 4.25. The van der Waals surface area contributed by atoms with E-state index in [0.717, 1.165) is 0 Å². The van der Waals surface area contributed by atoms with Crippen molar-refractivity contribution in [3.8, 4) is 17.1 Å². The van der Waals surface area contributed by atoms with E-state index in [1.54, 1.807) is 49.5 Å². The molecule has 0 aliphatic carbocycles. The number of rotatable bonds is 9. The molecule has 1 aromatic carbocycles. The summed E-state index contributed by atoms with van der Waals surface area (Å²) in [4.78, 5) is 35.2. The van der Waals surface area contributed by atoms with E-state index in [-0.39, 0.29) is 28.1 Å². The molecule has 0 radical (unpaired) electrons. The third-order valence-corrected chi connectivity index (χ3v) is 5.97. The molecule has 4 heterocycles. The maximum Gasteiger partial charge on any atom is 0.278 e. The summed E-state index contributed by atoms with van der Waals surface area (Å²) in [6, 6.07) is 11.8. The lowest BCUT2D eigenvalue weighted by Crippen LogP contribution is -2.27. The van der Waals surface area contributed by atoms with Crippen LogP contribution in [0.4, 0.5) is 17.2 Å². The third kappa shape index (κ3) is 5.36. The number of pyridine rings is 2. The fraction of sp³-hybridized carbons (Fsp3) is 0.208. The number of benzene rings is 1. The number of ether oxygens (including phenoxy) is 1. The Morgan fingerprint density at radius 1 is 1.18 bits per heavy atom. The number of nitrogens with one attached hydrogen (secondary N) is 3. The molecule has 0 spiro atoms. The molecule has 0 aliphatic heterocycles. The van der Waals surface area contributed by atoms with Gasteiger partial charge in [0, 0.05) is 13.1 Å². The van der Waals surface area contributed by atoms with Crippen LogP contribution in [0.3, 0.4) is 0 Å². The molecule has 0 saturated heterocycles. The molecular formula is C24H24ClN11O3. The van der Waals surface area contributed by atoms with Gasteiger partial charge in [-0.2, -0.15) is 4.80 Å². The third-order valence-electron chi connectivity index (χ3n) is 5.77. The highest BCUT2D eigenvalue weighted by Crippen LogP contribution is 2.37. The minimum atomic E-state index is -0.348. The monoisotopic (exact) mass is 549 g/mol. The van der Waals surface area contributed by atoms with E-state index >= 15 is 0 Å². The highest BCUT2D eigenvalue weighted by atomic mass is 35.5. The molecular weight excluding hydrogens is 526 g/mol. The minimum absolute atomic E-state index is 0.186. The minimum Gasteiger partial charge on any atom is -0.494 e. The summed E-state index contributed by atoms with van der Waals surface area (Å²) in [5.74, 6) is 0.767. The van der Waals surface area contributed by atoms with Crippen LogP contribution in [0.2, 0.25) is 5.15 Å². The Bertz CT molecular complexity index is 1730. The molecule has 1 amide bonds. The highest BCUT2D eigenvalue weighted by Gasteiger charge is 2.19. The Kier molecular flexibility index (Phi) is 7.10. The van der Waals surface area contributed by atoms with Gasteiger partial charge < -0.3 is 21.1 Å². The molecule has 0 unspecified atom stereocenters. The topological polar surface area (TPSA) is 184 Å². The van der Waals surface area contributed by atoms with Gasteiger partial charge in [0.25, 0.3) is 11.5 Å². The van der Waals surface area contributed by atoms with Crippen LogP contribution in [0.5, 0.6) is 5.75 Å². The van der Waals surface area contributed by atoms with Crippen LogP contribution in [0, 0.1) is 0 Å². The number of para-hydroxylation sites is 1. The molecule has 15 heteroatoms. The van der Waals surface area contributed by atoms with Gasteiger partial charge in [0.15, 0.2) is 11.4 Å². The summed E-state index contributed by atoms with van der Waals surface area (Å²) in [5, 5.41) is 21.7. The van der Waals surface area contributed by atoms with E-state index in [1.165, 1.54) is 16.6 Å². The number of methoxy groups -OCH3 is 1. The lowest BCUT2D eigenvalue weighted by molar-refractivity contribution is 0.0947. The predicted octanol–water partition coefficient (Wildman–Crippen LogP) is 2.12. The molecule has 0 bridgehead atoms. The van der Waals surface area contributed by atoms with Crippen molar-refractivity contribution in [2.24, 2.45) is 7.05 Å². The number of aromatic amines is 1. The second-order valence-electron chi connectivity index (χ2n) is 8.46. The van der Waals surface area contributed by atoms with Crippen molar-refractivity contribution >= 4 is 45.7 Å². The number of nitrogen functional groups attached to an aromatic ring is 1. The average Bonchev–Trinajstić information content (AvgIpc) is 3.48. The molecule has 5 N–H and O–H groups in total. The van der Waals surface area contributed by atoms with Crippen LogP contribution in [0.15, 0.2) is 47.3 Å². The summed E-state index contributed by atoms with van der Waals surface area (Å²) >= 11 is 6.28. The number of hydrogen-bond acceptors (Lipinski definition) is 10. The summed E-state index contributed by atoms with van der Waals surface area (Å²) in [7, 11) is 3.20. The number of aryl methyl sites for hydroxylation is 2. The van der Waals surface area contributed by atoms with Crippen molar-refractivity contribution in [3.05, 3.63) is 63.7 Å². The molecule has 14 nitrogen and oxygen atoms in total. The van der Waals surface area contributed by atoms with Gasteiger partial charge in [-0.3, -0.25) is 19.4 Å². The van der Waals surface area contributed by atoms with Gasteiger partial charge in [0.05, 0.1) is 31.1 Å². The average molecular weight is 550 g/mol. The van der Waals surface area contributed by atoms with Crippen LogP contribution in [0.25, 0.3) is 22.4 Å². The van der Waals surface area contributed by atoms with Crippen LogP contribution in [0.1, 0.15) is 16.9 Å². The number of tetrazole rings is 1. The fourth-order valence-electron chi connectivity index (χ4n) is 4.06. The number of hydrogen-bond donors (Lipinski definition) is 4. The number of amides is 1. The zero-order valence-electron chi connectivity index (χ0n) is 21.0. The van der Waals surface area contributed by atoms with Crippen molar-refractivity contribution in [2.45, 2.75) is 13.0 Å². The summed E-state index contributed by atoms with van der Waals surface area (Å²) in [6.07, 6.45) is 0.470. The smallest absolute Gasteiger partial charge is 0.278 e. The first kappa shape index (κ1) is 25.7. The normalized spacial score (nSPS) is 11.1. The zero-order chi connectivity index (χ0) is 27.5. The van der Waals surface area contributed by atoms with Crippen molar-refractivity contribution < 1.29 is 9.53 Å². The molecule has 0 aliphatic rings. The summed E-state index contributed by atoms with van der Waals surface area (Å²) in [6.45, 7) is 0.616. The van der Waals surface area contributed by atoms with Crippen molar-refractivity contribution in [1.29, 1.82) is 0 Å². The van der Waals surface area contributed by atoms with Crippen molar-refractivity contribution in [2.75, 3.05) is 24.7 Å². The second kappa shape index (κ2) is 10.8. The summed E-state index contributed by atoms with van der Waals surface area (Å²) in [5.41, 5.74) is 7.49. The van der Waals surface area contributed by atoms with Gasteiger partial charge in [0.2, 0.25) is 5.82 Å². The molecule has 5 aromatic rings. The Balaban J connectivity index is 1.36. The molecule has 0 fully saturated rings. The van der Waals surface area contributed by atoms with Gasteiger partial charge in [-0.25, -0.2) is 9.97 Å². The Labute approximate surface area is 226 Å². The van der Waals surface area contributed by atoms with E-state index in [4.69, 9.17) is 22.1 Å². The Morgan fingerprint density at radius 3 is 2.74 bits per heavy atom. The number of H-pyrrole nitrogens is 1. The second-order valence-corrected chi connectivity index (χ2v) is 8.84. The number of nitrogens with two attached hydrogens (primary N) is 1. The molecule has 5 rings (SSSR count). The highest BCUT2D eigenvalue weighted by molar-refractivity contribution is 6.30. The number of fused-ring (bicyclic) bond motifs is 1. The number of halogens is 1. The standard InChI is InChI=1S/C24H24ClN11O3/c1-35-32-21(31-34-35)13-6-3-7-14(20(13)39-2)28-16-12-17(25)30-22-19(16)24(38)36(33-22)11-5-10-27-23(37)15-8-4-9-18(26)29-15/h3-4,6-9,12H,5,10-11H2,1-2H3,(H2,26,29)(H,27,37)(H2,28,30,33). The van der Waals surface area contributed by atoms with E-state index in [1.807, 2.05) is 0 Å². The lowest BCUT2D eigenvalue weighted by atomic mass is 10.1. The number of aromatic nitrogens is 8. The van der Waals surface area contributed by atoms with Crippen LogP contribution < -0.4 is 26.7 Å². The van der Waals surface area contributed by atoms with Crippen LogP contribution >= 0.6 is 11.6 Å². The summed E-state index contributed by atoms with van der Waals surface area (Å²) < 4.78 is 7.07. The van der Waals surface area contributed by atoms with Gasteiger partial charge in [-0.15, -0.1) is 10.2 Å². The predicted molar refractivity (Wildman–Crippen MR) is 145 cm³/mol. The van der Waals surface area contributed by atoms with E-state index in [0.29, 0.717) is 59.1 Å². The first-order valence-corrected chi connectivity index (χ1v) is 12.2. The quantitative estimate of drug-likeness (QED) is 0.157. The lowest BCUT2D eigenvalue weighted by Gasteiger charge is -2.14. The first-order chi connectivity index (χ1) is 18.8. The van der Waals surface area contributed by atoms with Gasteiger partial charge in [-0.05, 0) is 42.0 Å². The number of nitrogens with zero attached hydrogens (tertiary/aromatic N) is 7. The van der Waals surface area contributed by atoms with Crippen molar-refractivity contribution in [1.82, 2.24) is 45.3 Å². The molecule has 200 valence electrons. The maximum atomic E-state index is 13.3. The van der Waals surface area contributed by atoms with E-state index in [9.17, 15) is 9.59 Å². The SMILES string of the molecule is COc1c(Nc2cc(Cl)nc3[nH]n(CCCNC(=O)c4cccc(N)n4)c(=O)c23)cccc1-c1nnn(C)n1. The Hall–Kier alpha value is -4.98. The van der Waals surface area contributed by atoms with Crippen molar-refractivity contribution in [3.63, 3.8) is 0 Å². The van der Waals surface area contributed by atoms with E-state index in [2.05, 4.69) is 41.1 Å². The zero-order valence-corrected chi connectivity index (χ0v) is 21.7. The number of carbonyl (C=O) groups excluding carboxylic acids is 1. The Morgan fingerprint density at radius 2 is 2.00 bits per heavy atom. The van der Waals surface area contributed by atoms with Gasteiger partial charge in [0.1, 0.15) is 22.1 Å². The first-order valence-electron chi connectivity index (χ1n) is 11.8. The maximum absolute atomic E-state index is 13.3. The number of anilines is 3. The largest absolute Gasteiger partial charge is 0.494 e. The van der Waals surface area contributed by atoms with Gasteiger partial charge in [-0.1, -0.05) is 23.7 Å². The molecule has 4 aromatic heterocycles. The van der Waals surface area contributed by atoms with E-state index < -0.39 is 0 Å². The van der Waals surface area contributed by atoms with Crippen LogP contribution in [-0.2, 0) is 13.6 Å². The van der Waals surface area contributed by atoms with Gasteiger partial charge >= 0.3 is 0 Å². The molecule has 0 saturated carbocycles.